The Morgan fingerprint density at radius 2 is 2.20 bits per heavy atom. The second-order valence-corrected chi connectivity index (χ2v) is 3.37. The molecule has 0 aliphatic carbocycles. The Morgan fingerprint density at radius 3 is 2.93 bits per heavy atom. The van der Waals surface area contributed by atoms with Crippen LogP contribution in [0.3, 0.4) is 0 Å². The minimum atomic E-state index is -0.835. The first-order chi connectivity index (χ1) is 7.16. The van der Waals surface area contributed by atoms with Crippen LogP contribution in [0.1, 0.15) is 15.9 Å². The van der Waals surface area contributed by atoms with Gasteiger partial charge in [0.25, 0.3) is 5.91 Å². The lowest BCUT2D eigenvalue weighted by atomic mass is 10.1. The molecule has 0 saturated heterocycles. The lowest BCUT2D eigenvalue weighted by Crippen LogP contribution is -2.34. The minimum Gasteiger partial charge on any atom is -0.384 e. The molecule has 0 saturated carbocycles. The second-order valence-electron chi connectivity index (χ2n) is 3.37. The van der Waals surface area contributed by atoms with Gasteiger partial charge in [-0.05, 0) is 30.2 Å². The number of rotatable bonds is 1. The van der Waals surface area contributed by atoms with Crippen LogP contribution in [0.2, 0.25) is 0 Å². The Labute approximate surface area is 86.6 Å². The molecule has 2 rings (SSSR count). The quantitative estimate of drug-likeness (QED) is 0.622. The van der Waals surface area contributed by atoms with Gasteiger partial charge in [-0.25, -0.2) is 4.79 Å². The molecule has 0 radical (unpaired) electrons. The summed E-state index contributed by atoms with van der Waals surface area (Å²) in [5.41, 5.74) is 7.45. The van der Waals surface area contributed by atoms with Crippen LogP contribution < -0.4 is 16.4 Å². The third kappa shape index (κ3) is 1.90. The van der Waals surface area contributed by atoms with Gasteiger partial charge in [-0.2, -0.15) is 0 Å². The van der Waals surface area contributed by atoms with Crippen LogP contribution in [-0.2, 0) is 6.42 Å². The van der Waals surface area contributed by atoms with Crippen LogP contribution in [-0.4, -0.2) is 18.5 Å². The minimum absolute atomic E-state index is 0.455. The van der Waals surface area contributed by atoms with E-state index in [-0.39, 0.29) is 0 Å². The van der Waals surface area contributed by atoms with Crippen molar-refractivity contribution >= 4 is 17.6 Å². The molecule has 5 heteroatoms. The third-order valence-corrected chi connectivity index (χ3v) is 2.31. The molecule has 1 aliphatic rings. The molecule has 15 heavy (non-hydrogen) atoms. The average Bonchev–Trinajstić information content (AvgIpc) is 2.62. The monoisotopic (exact) mass is 205 g/mol. The third-order valence-electron chi connectivity index (χ3n) is 2.31. The Hall–Kier alpha value is -2.04. The number of primary amides is 1. The Kier molecular flexibility index (Phi) is 2.29. The molecule has 0 aromatic heterocycles. The maximum absolute atomic E-state index is 11.4. The maximum Gasteiger partial charge on any atom is 0.319 e. The van der Waals surface area contributed by atoms with E-state index < -0.39 is 11.9 Å². The van der Waals surface area contributed by atoms with Crippen LogP contribution in [0.25, 0.3) is 0 Å². The fourth-order valence-corrected chi connectivity index (χ4v) is 1.63. The lowest BCUT2D eigenvalue weighted by Gasteiger charge is -2.03. The van der Waals surface area contributed by atoms with Gasteiger partial charge in [0, 0.05) is 17.8 Å². The summed E-state index contributed by atoms with van der Waals surface area (Å²) in [5.74, 6) is -0.461. The fourth-order valence-electron chi connectivity index (χ4n) is 1.63. The number of benzene rings is 1. The van der Waals surface area contributed by atoms with Crippen molar-refractivity contribution in [2.24, 2.45) is 5.73 Å². The number of amides is 3. The molecule has 0 atom stereocenters. The van der Waals surface area contributed by atoms with E-state index in [0.717, 1.165) is 24.2 Å². The number of nitrogens with two attached hydrogens (primary N) is 1. The maximum atomic E-state index is 11.4. The van der Waals surface area contributed by atoms with Gasteiger partial charge in [0.2, 0.25) is 0 Å². The Morgan fingerprint density at radius 1 is 1.40 bits per heavy atom. The summed E-state index contributed by atoms with van der Waals surface area (Å²) >= 11 is 0. The van der Waals surface area contributed by atoms with Crippen molar-refractivity contribution in [1.29, 1.82) is 0 Å². The van der Waals surface area contributed by atoms with E-state index in [9.17, 15) is 9.59 Å². The van der Waals surface area contributed by atoms with Gasteiger partial charge in [0.05, 0.1) is 0 Å². The zero-order valence-corrected chi connectivity index (χ0v) is 8.04. The molecular weight excluding hydrogens is 194 g/mol. The van der Waals surface area contributed by atoms with E-state index in [1.54, 1.807) is 12.1 Å². The smallest absolute Gasteiger partial charge is 0.319 e. The normalized spacial score (nSPS) is 12.8. The number of anilines is 1. The number of hydrogen-bond donors (Lipinski definition) is 3. The highest BCUT2D eigenvalue weighted by atomic mass is 16.2. The van der Waals surface area contributed by atoms with Gasteiger partial charge in [0.1, 0.15) is 0 Å². The SMILES string of the molecule is NC(=O)NC(=O)c1ccc2c(c1)CCN2. The summed E-state index contributed by atoms with van der Waals surface area (Å²) in [5, 5.41) is 5.21. The zero-order chi connectivity index (χ0) is 10.8. The Balaban J connectivity index is 2.23. The predicted octanol–water partition coefficient (Wildman–Crippen LogP) is 0.463. The van der Waals surface area contributed by atoms with Crippen LogP contribution >= 0.6 is 0 Å². The first-order valence-electron chi connectivity index (χ1n) is 4.64. The van der Waals surface area contributed by atoms with Crippen molar-refractivity contribution in [3.8, 4) is 0 Å². The highest BCUT2D eigenvalue weighted by Gasteiger charge is 2.13. The van der Waals surface area contributed by atoms with Gasteiger partial charge >= 0.3 is 6.03 Å². The van der Waals surface area contributed by atoms with Gasteiger partial charge < -0.3 is 11.1 Å². The molecule has 4 N–H and O–H groups in total. The number of nitrogens with one attached hydrogen (secondary N) is 2. The zero-order valence-electron chi connectivity index (χ0n) is 8.04. The van der Waals surface area contributed by atoms with Crippen LogP contribution in [0.5, 0.6) is 0 Å². The van der Waals surface area contributed by atoms with Crippen molar-refractivity contribution in [2.45, 2.75) is 6.42 Å². The summed E-state index contributed by atoms with van der Waals surface area (Å²) in [7, 11) is 0. The molecule has 1 aliphatic heterocycles. The van der Waals surface area contributed by atoms with Crippen molar-refractivity contribution in [2.75, 3.05) is 11.9 Å². The van der Waals surface area contributed by atoms with Crippen molar-refractivity contribution in [3.05, 3.63) is 29.3 Å². The average molecular weight is 205 g/mol. The molecule has 78 valence electrons. The second kappa shape index (κ2) is 3.61. The van der Waals surface area contributed by atoms with Gasteiger partial charge in [-0.1, -0.05) is 0 Å². The molecule has 3 amide bonds. The number of hydrogen-bond acceptors (Lipinski definition) is 3. The number of carbonyl (C=O) groups excluding carboxylic acids is 2. The summed E-state index contributed by atoms with van der Waals surface area (Å²) in [6.07, 6.45) is 0.896. The van der Waals surface area contributed by atoms with Crippen LogP contribution in [0.15, 0.2) is 18.2 Å². The lowest BCUT2D eigenvalue weighted by molar-refractivity contribution is 0.0966. The van der Waals surface area contributed by atoms with Crippen LogP contribution in [0.4, 0.5) is 10.5 Å². The molecule has 0 bridgehead atoms. The van der Waals surface area contributed by atoms with E-state index >= 15 is 0 Å². The molecule has 5 nitrogen and oxygen atoms in total. The molecule has 1 aromatic rings. The highest BCUT2D eigenvalue weighted by molar-refractivity contribution is 6.04. The first kappa shape index (κ1) is 9.51. The molecule has 0 unspecified atom stereocenters. The van der Waals surface area contributed by atoms with E-state index in [2.05, 4.69) is 5.32 Å². The summed E-state index contributed by atoms with van der Waals surface area (Å²) < 4.78 is 0. The Bertz CT molecular complexity index is 429. The topological polar surface area (TPSA) is 84.2 Å². The van der Waals surface area contributed by atoms with E-state index in [0.29, 0.717) is 5.56 Å². The number of imide groups is 1. The highest BCUT2D eigenvalue weighted by Crippen LogP contribution is 2.22. The number of fused-ring (bicyclic) bond motifs is 1. The molecule has 0 fully saturated rings. The summed E-state index contributed by atoms with van der Waals surface area (Å²) in [6, 6.07) is 4.43. The van der Waals surface area contributed by atoms with E-state index in [1.807, 2.05) is 11.4 Å². The van der Waals surface area contributed by atoms with Crippen molar-refractivity contribution in [3.63, 3.8) is 0 Å². The summed E-state index contributed by atoms with van der Waals surface area (Å²) in [6.45, 7) is 0.885. The van der Waals surface area contributed by atoms with Crippen LogP contribution in [0, 0.1) is 0 Å². The largest absolute Gasteiger partial charge is 0.384 e. The molecule has 0 spiro atoms. The van der Waals surface area contributed by atoms with E-state index in [1.165, 1.54) is 0 Å². The molecular formula is C10H11N3O2. The molecule has 1 aromatic carbocycles. The standard InChI is InChI=1S/C10H11N3O2/c11-10(15)13-9(14)7-1-2-8-6(5-7)3-4-12-8/h1-2,5,12H,3-4H2,(H3,11,13,14,15). The first-order valence-corrected chi connectivity index (χ1v) is 4.64. The van der Waals surface area contributed by atoms with Crippen molar-refractivity contribution in [1.82, 2.24) is 5.32 Å². The fraction of sp³-hybridized carbons (Fsp3) is 0.200. The van der Waals surface area contributed by atoms with Gasteiger partial charge in [-0.3, -0.25) is 10.1 Å². The summed E-state index contributed by atoms with van der Waals surface area (Å²) in [4.78, 5) is 21.9. The van der Waals surface area contributed by atoms with Gasteiger partial charge in [0.15, 0.2) is 0 Å². The van der Waals surface area contributed by atoms with E-state index in [4.69, 9.17) is 5.73 Å². The number of carbonyl (C=O) groups is 2. The van der Waals surface area contributed by atoms with Crippen molar-refractivity contribution < 1.29 is 9.59 Å². The molecule has 1 heterocycles. The predicted molar refractivity (Wildman–Crippen MR) is 55.7 cm³/mol. The van der Waals surface area contributed by atoms with Gasteiger partial charge in [-0.15, -0.1) is 0 Å². The number of urea groups is 1.